The number of piperidine rings is 1. The Kier molecular flexibility index (Phi) is 7.57. The zero-order chi connectivity index (χ0) is 20.9. The molecule has 1 aromatic carbocycles. The van der Waals surface area contributed by atoms with Crippen LogP contribution >= 0.6 is 0 Å². The molecule has 1 aliphatic heterocycles. The van der Waals surface area contributed by atoms with E-state index < -0.39 is 10.0 Å². The van der Waals surface area contributed by atoms with Crippen molar-refractivity contribution in [2.45, 2.75) is 75.6 Å². The maximum Gasteiger partial charge on any atom is 0.257 e. The molecule has 0 bridgehead atoms. The molecule has 2 aliphatic rings. The van der Waals surface area contributed by atoms with Gasteiger partial charge >= 0.3 is 0 Å². The molecule has 1 amide bonds. The number of hydrogen-bond acceptors (Lipinski definition) is 4. The first kappa shape index (κ1) is 22.1. The van der Waals surface area contributed by atoms with Crippen LogP contribution in [0.4, 0.5) is 0 Å². The highest BCUT2D eigenvalue weighted by molar-refractivity contribution is 7.89. The first-order valence-corrected chi connectivity index (χ1v) is 12.4. The van der Waals surface area contributed by atoms with Crippen molar-refractivity contribution in [2.24, 2.45) is 5.92 Å². The molecule has 0 radical (unpaired) electrons. The van der Waals surface area contributed by atoms with Gasteiger partial charge in [-0.2, -0.15) is 0 Å². The molecular formula is C22H34N2O4S. The summed E-state index contributed by atoms with van der Waals surface area (Å²) in [6, 6.07) is 4.56. The van der Waals surface area contributed by atoms with Gasteiger partial charge < -0.3 is 9.64 Å². The molecule has 1 aromatic rings. The second kappa shape index (κ2) is 9.94. The van der Waals surface area contributed by atoms with Crippen LogP contribution in [0.25, 0.3) is 0 Å². The Labute approximate surface area is 175 Å². The third-order valence-electron chi connectivity index (χ3n) is 6.21. The van der Waals surface area contributed by atoms with Crippen molar-refractivity contribution in [1.29, 1.82) is 0 Å². The number of methoxy groups -OCH3 is 1. The minimum atomic E-state index is -3.68. The Hall–Kier alpha value is -1.60. The number of rotatable bonds is 5. The van der Waals surface area contributed by atoms with Crippen molar-refractivity contribution in [3.63, 3.8) is 0 Å². The van der Waals surface area contributed by atoms with Gasteiger partial charge in [-0.3, -0.25) is 4.79 Å². The number of carbonyl (C=O) groups excluding carboxylic acids is 1. The van der Waals surface area contributed by atoms with E-state index in [2.05, 4.69) is 11.6 Å². The summed E-state index contributed by atoms with van der Waals surface area (Å²) in [4.78, 5) is 15.0. The van der Waals surface area contributed by atoms with Gasteiger partial charge in [0.25, 0.3) is 5.91 Å². The summed E-state index contributed by atoms with van der Waals surface area (Å²) in [6.45, 7) is 3.58. The van der Waals surface area contributed by atoms with Crippen LogP contribution in [0.5, 0.6) is 5.75 Å². The number of nitrogens with one attached hydrogen (secondary N) is 1. The van der Waals surface area contributed by atoms with Crippen LogP contribution in [0.3, 0.4) is 0 Å². The maximum absolute atomic E-state index is 13.1. The summed E-state index contributed by atoms with van der Waals surface area (Å²) in [6.07, 6.45) is 9.32. The quantitative estimate of drug-likeness (QED) is 0.779. The van der Waals surface area contributed by atoms with Crippen molar-refractivity contribution in [3.8, 4) is 5.75 Å². The molecule has 7 heteroatoms. The number of carbonyl (C=O) groups is 1. The number of sulfonamides is 1. The largest absolute Gasteiger partial charge is 0.496 e. The van der Waals surface area contributed by atoms with Gasteiger partial charge in [0.1, 0.15) is 5.75 Å². The molecular weight excluding hydrogens is 388 g/mol. The molecule has 1 aliphatic carbocycles. The third kappa shape index (κ3) is 5.72. The molecule has 1 N–H and O–H groups in total. The Morgan fingerprint density at radius 3 is 2.28 bits per heavy atom. The van der Waals surface area contributed by atoms with Gasteiger partial charge in [0.15, 0.2) is 0 Å². The predicted molar refractivity (Wildman–Crippen MR) is 114 cm³/mol. The maximum atomic E-state index is 13.1. The first-order valence-electron chi connectivity index (χ1n) is 10.9. The number of ether oxygens (including phenoxy) is 1. The summed E-state index contributed by atoms with van der Waals surface area (Å²) >= 11 is 0. The summed E-state index contributed by atoms with van der Waals surface area (Å²) in [5.74, 6) is 0.871. The SMILES string of the molecule is COc1ccc(S(=O)(=O)NC2CCCCCCC2)cc1C(=O)N1CCC(C)CC1. The van der Waals surface area contributed by atoms with E-state index >= 15 is 0 Å². The lowest BCUT2D eigenvalue weighted by Gasteiger charge is -2.30. The fourth-order valence-corrected chi connectivity index (χ4v) is 5.60. The summed E-state index contributed by atoms with van der Waals surface area (Å²) in [7, 11) is -2.18. The third-order valence-corrected chi connectivity index (χ3v) is 7.73. The van der Waals surface area contributed by atoms with Crippen molar-refractivity contribution in [2.75, 3.05) is 20.2 Å². The molecule has 0 aromatic heterocycles. The predicted octanol–water partition coefficient (Wildman–Crippen LogP) is 3.96. The highest BCUT2D eigenvalue weighted by Crippen LogP contribution is 2.27. The average molecular weight is 423 g/mol. The van der Waals surface area contributed by atoms with E-state index in [-0.39, 0.29) is 16.8 Å². The van der Waals surface area contributed by atoms with E-state index in [1.165, 1.54) is 25.7 Å². The first-order chi connectivity index (χ1) is 13.9. The van der Waals surface area contributed by atoms with E-state index in [0.717, 1.165) is 51.4 Å². The minimum absolute atomic E-state index is 0.0369. The summed E-state index contributed by atoms with van der Waals surface area (Å²) in [5.41, 5.74) is 0.322. The lowest BCUT2D eigenvalue weighted by Crippen LogP contribution is -2.38. The molecule has 1 saturated heterocycles. The lowest BCUT2D eigenvalue weighted by atomic mass is 9.97. The topological polar surface area (TPSA) is 75.7 Å². The molecule has 0 unspecified atom stereocenters. The highest BCUT2D eigenvalue weighted by atomic mass is 32.2. The van der Waals surface area contributed by atoms with Crippen LogP contribution in [0.15, 0.2) is 23.1 Å². The van der Waals surface area contributed by atoms with Gasteiger partial charge in [-0.05, 0) is 49.8 Å². The fraction of sp³-hybridized carbons (Fsp3) is 0.682. The zero-order valence-corrected chi connectivity index (χ0v) is 18.5. The summed E-state index contributed by atoms with van der Waals surface area (Å²) < 4.78 is 34.3. The van der Waals surface area contributed by atoms with Crippen molar-refractivity contribution < 1.29 is 17.9 Å². The second-order valence-corrected chi connectivity index (χ2v) is 10.2. The van der Waals surface area contributed by atoms with Crippen LogP contribution < -0.4 is 9.46 Å². The van der Waals surface area contributed by atoms with Gasteiger partial charge in [-0.1, -0.05) is 39.0 Å². The van der Waals surface area contributed by atoms with Crippen molar-refractivity contribution in [3.05, 3.63) is 23.8 Å². The van der Waals surface area contributed by atoms with Crippen LogP contribution in [0.1, 0.15) is 75.1 Å². The monoisotopic (exact) mass is 422 g/mol. The van der Waals surface area contributed by atoms with Gasteiger partial charge in [-0.25, -0.2) is 13.1 Å². The fourth-order valence-electron chi connectivity index (χ4n) is 4.26. The van der Waals surface area contributed by atoms with Crippen LogP contribution in [-0.2, 0) is 10.0 Å². The number of amides is 1. The lowest BCUT2D eigenvalue weighted by molar-refractivity contribution is 0.0693. The van der Waals surface area contributed by atoms with Gasteiger partial charge in [0, 0.05) is 19.1 Å². The smallest absolute Gasteiger partial charge is 0.257 e. The molecule has 29 heavy (non-hydrogen) atoms. The number of likely N-dealkylation sites (tertiary alicyclic amines) is 1. The molecule has 0 spiro atoms. The van der Waals surface area contributed by atoms with Crippen molar-refractivity contribution in [1.82, 2.24) is 9.62 Å². The molecule has 1 saturated carbocycles. The van der Waals surface area contributed by atoms with E-state index in [1.807, 2.05) is 0 Å². The average Bonchev–Trinajstić information content (AvgIpc) is 2.69. The van der Waals surface area contributed by atoms with Crippen LogP contribution in [0.2, 0.25) is 0 Å². The Bertz CT molecular complexity index is 793. The number of benzene rings is 1. The van der Waals surface area contributed by atoms with Crippen LogP contribution in [0, 0.1) is 5.92 Å². The molecule has 3 rings (SSSR count). The Morgan fingerprint density at radius 1 is 1.03 bits per heavy atom. The molecule has 0 atom stereocenters. The van der Waals surface area contributed by atoms with E-state index in [9.17, 15) is 13.2 Å². The summed E-state index contributed by atoms with van der Waals surface area (Å²) in [5, 5.41) is 0. The minimum Gasteiger partial charge on any atom is -0.496 e. The molecule has 1 heterocycles. The van der Waals surface area contributed by atoms with E-state index in [0.29, 0.717) is 30.3 Å². The highest BCUT2D eigenvalue weighted by Gasteiger charge is 2.27. The molecule has 6 nitrogen and oxygen atoms in total. The van der Waals surface area contributed by atoms with Gasteiger partial charge in [-0.15, -0.1) is 0 Å². The second-order valence-electron chi connectivity index (χ2n) is 8.50. The zero-order valence-electron chi connectivity index (χ0n) is 17.7. The molecule has 2 fully saturated rings. The number of nitrogens with zero attached hydrogens (tertiary/aromatic N) is 1. The van der Waals surface area contributed by atoms with E-state index in [4.69, 9.17) is 4.74 Å². The van der Waals surface area contributed by atoms with Crippen molar-refractivity contribution >= 4 is 15.9 Å². The Balaban J connectivity index is 1.80. The van der Waals surface area contributed by atoms with E-state index in [1.54, 1.807) is 11.0 Å². The number of hydrogen-bond donors (Lipinski definition) is 1. The standard InChI is InChI=1S/C22H34N2O4S/c1-17-12-14-24(15-13-17)22(25)20-16-19(10-11-21(20)28-2)29(26,27)23-18-8-6-4-3-5-7-9-18/h10-11,16-18,23H,3-9,12-15H2,1-2H3. The van der Waals surface area contributed by atoms with Crippen LogP contribution in [-0.4, -0.2) is 45.5 Å². The molecule has 162 valence electrons. The van der Waals surface area contributed by atoms with Gasteiger partial charge in [0.2, 0.25) is 10.0 Å². The van der Waals surface area contributed by atoms with Gasteiger partial charge in [0.05, 0.1) is 17.6 Å². The Morgan fingerprint density at radius 2 is 1.66 bits per heavy atom. The normalized spacial score (nSPS) is 20.1.